The normalized spacial score (nSPS) is 44.2. The number of halogens is 3. The van der Waals surface area contributed by atoms with E-state index >= 15 is 0 Å². The lowest BCUT2D eigenvalue weighted by Gasteiger charge is -2.43. The van der Waals surface area contributed by atoms with Gasteiger partial charge in [0.15, 0.2) is 6.79 Å². The second-order valence-electron chi connectivity index (χ2n) is 7.76. The lowest BCUT2D eigenvalue weighted by molar-refractivity contribution is -0.461. The molecule has 1 unspecified atom stereocenters. The SMILES string of the molecule is C[C@@H]1CC[C@@H]2[C@@H]3OO[C@@](C)(CC[C@H]31)OCOC(OC(=O)C(F)(F)F)[C@@H]2C. The first-order valence-corrected chi connectivity index (χ1v) is 8.98. The van der Waals surface area contributed by atoms with E-state index in [2.05, 4.69) is 11.7 Å². The van der Waals surface area contributed by atoms with E-state index in [1.165, 1.54) is 0 Å². The lowest BCUT2D eigenvalue weighted by Crippen LogP contribution is -2.48. The highest BCUT2D eigenvalue weighted by atomic mass is 19.4. The zero-order chi connectivity index (χ0) is 19.1. The predicted molar refractivity (Wildman–Crippen MR) is 81.1 cm³/mol. The van der Waals surface area contributed by atoms with Crippen molar-refractivity contribution in [2.24, 2.45) is 23.7 Å². The Labute approximate surface area is 150 Å². The molecule has 3 aliphatic rings. The molecule has 9 heteroatoms. The molecule has 26 heavy (non-hydrogen) atoms. The van der Waals surface area contributed by atoms with Crippen molar-refractivity contribution in [3.05, 3.63) is 0 Å². The maximum Gasteiger partial charge on any atom is 0.491 e. The number of hydrogen-bond donors (Lipinski definition) is 0. The van der Waals surface area contributed by atoms with Gasteiger partial charge in [0.25, 0.3) is 0 Å². The van der Waals surface area contributed by atoms with Gasteiger partial charge < -0.3 is 14.2 Å². The quantitative estimate of drug-likeness (QED) is 0.511. The van der Waals surface area contributed by atoms with Crippen molar-refractivity contribution in [1.82, 2.24) is 0 Å². The van der Waals surface area contributed by atoms with Gasteiger partial charge in [-0.15, -0.1) is 0 Å². The van der Waals surface area contributed by atoms with E-state index in [1.807, 2.05) is 0 Å². The van der Waals surface area contributed by atoms with Crippen molar-refractivity contribution < 1.29 is 42.0 Å². The van der Waals surface area contributed by atoms with Crippen LogP contribution in [0, 0.1) is 23.7 Å². The number of carbonyl (C=O) groups excluding carboxylic acids is 1. The molecule has 0 aromatic heterocycles. The van der Waals surface area contributed by atoms with Crippen LogP contribution in [0.4, 0.5) is 13.2 Å². The number of fused-ring (bicyclic) bond motifs is 2. The fraction of sp³-hybridized carbons (Fsp3) is 0.941. The molecule has 1 aliphatic carbocycles. The summed E-state index contributed by atoms with van der Waals surface area (Å²) in [5, 5.41) is 0. The summed E-state index contributed by atoms with van der Waals surface area (Å²) in [5.74, 6) is -3.39. The molecule has 0 spiro atoms. The van der Waals surface area contributed by atoms with E-state index in [4.69, 9.17) is 19.2 Å². The Bertz CT molecular complexity index is 527. The first kappa shape index (κ1) is 19.9. The Hall–Kier alpha value is -0.900. The Morgan fingerprint density at radius 3 is 2.58 bits per heavy atom. The molecule has 2 heterocycles. The molecule has 0 aromatic rings. The van der Waals surface area contributed by atoms with E-state index in [-0.39, 0.29) is 24.7 Å². The molecule has 2 bridgehead atoms. The summed E-state index contributed by atoms with van der Waals surface area (Å²) in [5.41, 5.74) is 0. The smallest absolute Gasteiger partial charge is 0.429 e. The van der Waals surface area contributed by atoms with Gasteiger partial charge in [-0.1, -0.05) is 13.8 Å². The maximum atomic E-state index is 12.6. The van der Waals surface area contributed by atoms with E-state index in [9.17, 15) is 18.0 Å². The zero-order valence-electron chi connectivity index (χ0n) is 15.1. The molecule has 7 atom stereocenters. The molecular weight excluding hydrogens is 357 g/mol. The van der Waals surface area contributed by atoms with Crippen LogP contribution < -0.4 is 0 Å². The summed E-state index contributed by atoms with van der Waals surface area (Å²) >= 11 is 0. The number of alkyl halides is 3. The summed E-state index contributed by atoms with van der Waals surface area (Å²) in [6, 6.07) is 0. The van der Waals surface area contributed by atoms with Crippen LogP contribution in [0.5, 0.6) is 0 Å². The highest BCUT2D eigenvalue weighted by molar-refractivity contribution is 5.75. The predicted octanol–water partition coefficient (Wildman–Crippen LogP) is 3.55. The van der Waals surface area contributed by atoms with E-state index in [0.717, 1.165) is 19.3 Å². The lowest BCUT2D eigenvalue weighted by atomic mass is 9.67. The molecular formula is C17H25F3O6. The maximum absolute atomic E-state index is 12.6. The molecule has 2 aliphatic heterocycles. The summed E-state index contributed by atoms with van der Waals surface area (Å²) in [6.07, 6.45) is -3.72. The molecule has 0 amide bonds. The van der Waals surface area contributed by atoms with Crippen LogP contribution in [0.15, 0.2) is 0 Å². The van der Waals surface area contributed by atoms with Crippen LogP contribution in [0.25, 0.3) is 0 Å². The third kappa shape index (κ3) is 4.00. The number of carbonyl (C=O) groups is 1. The van der Waals surface area contributed by atoms with Crippen molar-refractivity contribution in [3.63, 3.8) is 0 Å². The third-order valence-electron chi connectivity index (χ3n) is 5.95. The summed E-state index contributed by atoms with van der Waals surface area (Å²) in [4.78, 5) is 22.6. The van der Waals surface area contributed by atoms with Crippen LogP contribution in [0.2, 0.25) is 0 Å². The van der Waals surface area contributed by atoms with Gasteiger partial charge in [0.05, 0.1) is 6.10 Å². The Balaban J connectivity index is 1.86. The molecule has 150 valence electrons. The Kier molecular flexibility index (Phi) is 5.54. The minimum absolute atomic E-state index is 0.150. The van der Waals surface area contributed by atoms with Gasteiger partial charge in [0.2, 0.25) is 12.1 Å². The summed E-state index contributed by atoms with van der Waals surface area (Å²) < 4.78 is 53.5. The fourth-order valence-corrected chi connectivity index (χ4v) is 4.25. The minimum Gasteiger partial charge on any atom is -0.429 e. The first-order chi connectivity index (χ1) is 12.1. The average molecular weight is 382 g/mol. The molecule has 0 aromatic carbocycles. The second kappa shape index (κ2) is 7.26. The molecule has 0 radical (unpaired) electrons. The largest absolute Gasteiger partial charge is 0.491 e. The van der Waals surface area contributed by atoms with Gasteiger partial charge >= 0.3 is 12.1 Å². The van der Waals surface area contributed by atoms with E-state index in [1.54, 1.807) is 13.8 Å². The van der Waals surface area contributed by atoms with Crippen LogP contribution in [-0.4, -0.2) is 37.1 Å². The average Bonchev–Trinajstić information content (AvgIpc) is 2.73. The van der Waals surface area contributed by atoms with Gasteiger partial charge in [-0.05, 0) is 43.9 Å². The van der Waals surface area contributed by atoms with Crippen LogP contribution in [0.3, 0.4) is 0 Å². The van der Waals surface area contributed by atoms with E-state index in [0.29, 0.717) is 12.3 Å². The summed E-state index contributed by atoms with van der Waals surface area (Å²) in [7, 11) is 0. The first-order valence-electron chi connectivity index (χ1n) is 8.98. The monoisotopic (exact) mass is 382 g/mol. The zero-order valence-corrected chi connectivity index (χ0v) is 15.1. The fourth-order valence-electron chi connectivity index (χ4n) is 4.25. The molecule has 2 saturated heterocycles. The van der Waals surface area contributed by atoms with Gasteiger partial charge in [-0.25, -0.2) is 14.6 Å². The highest BCUT2D eigenvalue weighted by Crippen LogP contribution is 2.47. The Morgan fingerprint density at radius 1 is 1.15 bits per heavy atom. The molecule has 0 N–H and O–H groups in total. The third-order valence-corrected chi connectivity index (χ3v) is 5.95. The molecule has 3 fully saturated rings. The molecule has 3 rings (SSSR count). The van der Waals surface area contributed by atoms with Gasteiger partial charge in [-0.2, -0.15) is 13.2 Å². The molecule has 6 nitrogen and oxygen atoms in total. The van der Waals surface area contributed by atoms with Crippen LogP contribution in [-0.2, 0) is 28.8 Å². The van der Waals surface area contributed by atoms with Crippen molar-refractivity contribution in [2.75, 3.05) is 6.79 Å². The number of ether oxygens (including phenoxy) is 3. The van der Waals surface area contributed by atoms with Crippen molar-refractivity contribution >= 4 is 5.97 Å². The number of hydrogen-bond acceptors (Lipinski definition) is 6. The van der Waals surface area contributed by atoms with Gasteiger partial charge in [0, 0.05) is 12.3 Å². The van der Waals surface area contributed by atoms with E-state index < -0.39 is 30.1 Å². The highest BCUT2D eigenvalue weighted by Gasteiger charge is 2.50. The second-order valence-corrected chi connectivity index (χ2v) is 7.76. The standard InChI is InChI=1S/C17H25F3O6/c1-9-4-5-12-10(2)14(24-15(21)17(18,19)20)22-8-23-16(3)7-6-11(9)13(12)25-26-16/h9-14H,4-8H2,1-3H3/t9-,10-,11+,12+,13-,14?,16+/m1/s1. The van der Waals surface area contributed by atoms with Crippen LogP contribution >= 0.6 is 0 Å². The van der Waals surface area contributed by atoms with Gasteiger partial charge in [-0.3, -0.25) is 0 Å². The van der Waals surface area contributed by atoms with Gasteiger partial charge in [0.1, 0.15) is 0 Å². The minimum atomic E-state index is -5.08. The van der Waals surface area contributed by atoms with Crippen molar-refractivity contribution in [2.45, 2.75) is 70.8 Å². The van der Waals surface area contributed by atoms with Crippen molar-refractivity contribution in [1.29, 1.82) is 0 Å². The summed E-state index contributed by atoms with van der Waals surface area (Å²) in [6.45, 7) is 5.19. The molecule has 1 saturated carbocycles. The Morgan fingerprint density at radius 2 is 1.88 bits per heavy atom. The number of rotatable bonds is 1. The van der Waals surface area contributed by atoms with Crippen LogP contribution in [0.1, 0.15) is 46.5 Å². The van der Waals surface area contributed by atoms with Crippen molar-refractivity contribution in [3.8, 4) is 0 Å². The number of esters is 1. The topological polar surface area (TPSA) is 63.2 Å².